The molecule has 1 aliphatic heterocycles. The molecule has 9 heteroatoms. The van der Waals surface area contributed by atoms with E-state index in [2.05, 4.69) is 15.6 Å². The van der Waals surface area contributed by atoms with Crippen LogP contribution >= 0.6 is 0 Å². The van der Waals surface area contributed by atoms with Gasteiger partial charge >= 0.3 is 0 Å². The second-order valence-electron chi connectivity index (χ2n) is 6.19. The number of fused-ring (bicyclic) bond motifs is 2. The third-order valence-corrected chi connectivity index (χ3v) is 4.24. The molecule has 1 aromatic heterocycles. The Kier molecular flexibility index (Phi) is 4.11. The van der Waals surface area contributed by atoms with E-state index in [1.54, 1.807) is 55.2 Å². The number of aryl methyl sites for hydroxylation is 1. The molecule has 3 aromatic rings. The van der Waals surface area contributed by atoms with Gasteiger partial charge in [0.15, 0.2) is 11.5 Å². The van der Waals surface area contributed by atoms with Crippen LogP contribution in [0.25, 0.3) is 11.0 Å². The summed E-state index contributed by atoms with van der Waals surface area (Å²) in [6.45, 7) is 0.0753. The Balaban J connectivity index is 1.41. The Morgan fingerprint density at radius 1 is 1.19 bits per heavy atom. The van der Waals surface area contributed by atoms with E-state index in [1.165, 1.54) is 4.90 Å². The lowest BCUT2D eigenvalue weighted by molar-refractivity contribution is -0.116. The van der Waals surface area contributed by atoms with E-state index in [1.807, 2.05) is 0 Å². The largest absolute Gasteiger partial charge is 0.454 e. The monoisotopic (exact) mass is 367 g/mol. The molecule has 0 unspecified atom stereocenters. The second kappa shape index (κ2) is 6.60. The van der Waals surface area contributed by atoms with Crippen molar-refractivity contribution >= 4 is 28.5 Å². The number of amides is 2. The highest BCUT2D eigenvalue weighted by Gasteiger charge is 2.18. The number of hydrogen-bond donors (Lipinski definition) is 1. The third kappa shape index (κ3) is 3.26. The van der Waals surface area contributed by atoms with Gasteiger partial charge in [0.05, 0.1) is 12.1 Å². The molecule has 2 amide bonds. The Hall–Kier alpha value is -3.62. The van der Waals surface area contributed by atoms with Gasteiger partial charge in [-0.25, -0.2) is 4.68 Å². The van der Waals surface area contributed by atoms with Crippen molar-refractivity contribution in [3.8, 4) is 11.5 Å². The van der Waals surface area contributed by atoms with Crippen LogP contribution in [0.15, 0.2) is 36.4 Å². The fraction of sp³-hybridized carbons (Fsp3) is 0.222. The lowest BCUT2D eigenvalue weighted by Gasteiger charge is -2.17. The number of nitrogens with zero attached hydrogens (tertiary/aromatic N) is 4. The van der Waals surface area contributed by atoms with Crippen molar-refractivity contribution in [2.75, 3.05) is 25.7 Å². The average Bonchev–Trinajstić information content (AvgIpc) is 3.27. The highest BCUT2D eigenvalue weighted by molar-refractivity contribution is 6.00. The van der Waals surface area contributed by atoms with E-state index >= 15 is 0 Å². The summed E-state index contributed by atoms with van der Waals surface area (Å²) < 4.78 is 12.2. The van der Waals surface area contributed by atoms with Gasteiger partial charge in [-0.3, -0.25) is 9.59 Å². The molecule has 0 saturated carbocycles. The highest BCUT2D eigenvalue weighted by Crippen LogP contribution is 2.34. The molecule has 2 heterocycles. The molecule has 138 valence electrons. The van der Waals surface area contributed by atoms with E-state index in [0.29, 0.717) is 28.3 Å². The summed E-state index contributed by atoms with van der Waals surface area (Å²) in [6.07, 6.45) is 0. The van der Waals surface area contributed by atoms with Crippen molar-refractivity contribution in [2.24, 2.45) is 7.05 Å². The van der Waals surface area contributed by atoms with Gasteiger partial charge in [0, 0.05) is 31.4 Å². The SMILES string of the molecule is CN(CC(=O)Nc1ccc2c(c1)OCO2)C(=O)c1ccc2c(c1)nnn2C. The van der Waals surface area contributed by atoms with Crippen LogP contribution in [0.2, 0.25) is 0 Å². The van der Waals surface area contributed by atoms with E-state index in [4.69, 9.17) is 9.47 Å². The normalized spacial score (nSPS) is 12.2. The summed E-state index contributed by atoms with van der Waals surface area (Å²) in [5, 5.41) is 10.7. The van der Waals surface area contributed by atoms with Crippen LogP contribution in [-0.2, 0) is 11.8 Å². The number of ether oxygens (including phenoxy) is 2. The number of hydrogen-bond acceptors (Lipinski definition) is 6. The molecule has 0 aliphatic carbocycles. The number of aromatic nitrogens is 3. The number of likely N-dealkylation sites (N-methyl/N-ethyl adjacent to an activating group) is 1. The molecule has 0 radical (unpaired) electrons. The number of nitrogens with one attached hydrogen (secondary N) is 1. The zero-order chi connectivity index (χ0) is 19.0. The molecule has 4 rings (SSSR count). The number of carbonyl (C=O) groups is 2. The predicted molar refractivity (Wildman–Crippen MR) is 96.7 cm³/mol. The molecule has 2 aromatic carbocycles. The van der Waals surface area contributed by atoms with Gasteiger partial charge in [-0.15, -0.1) is 5.10 Å². The first-order valence-electron chi connectivity index (χ1n) is 8.25. The molecule has 27 heavy (non-hydrogen) atoms. The molecule has 0 fully saturated rings. The van der Waals surface area contributed by atoms with Crippen LogP contribution in [0.1, 0.15) is 10.4 Å². The fourth-order valence-corrected chi connectivity index (χ4v) is 2.86. The van der Waals surface area contributed by atoms with Crippen LogP contribution < -0.4 is 14.8 Å². The molecule has 0 spiro atoms. The fourth-order valence-electron chi connectivity index (χ4n) is 2.86. The Labute approximate surface area is 154 Å². The molecule has 9 nitrogen and oxygen atoms in total. The smallest absolute Gasteiger partial charge is 0.254 e. The molecule has 1 aliphatic rings. The lowest BCUT2D eigenvalue weighted by atomic mass is 10.1. The van der Waals surface area contributed by atoms with Gasteiger partial charge in [0.2, 0.25) is 12.7 Å². The van der Waals surface area contributed by atoms with Crippen LogP contribution in [0.5, 0.6) is 11.5 Å². The highest BCUT2D eigenvalue weighted by atomic mass is 16.7. The number of benzene rings is 2. The maximum atomic E-state index is 12.6. The number of anilines is 1. The van der Waals surface area contributed by atoms with Gasteiger partial charge in [-0.1, -0.05) is 5.21 Å². The third-order valence-electron chi connectivity index (χ3n) is 4.24. The van der Waals surface area contributed by atoms with Gasteiger partial charge in [0.25, 0.3) is 5.91 Å². The van der Waals surface area contributed by atoms with E-state index in [0.717, 1.165) is 5.52 Å². The van der Waals surface area contributed by atoms with Gasteiger partial charge in [-0.05, 0) is 30.3 Å². The van der Waals surface area contributed by atoms with Gasteiger partial charge < -0.3 is 19.7 Å². The molecule has 1 N–H and O–H groups in total. The molecular weight excluding hydrogens is 350 g/mol. The molecule has 0 atom stereocenters. The van der Waals surface area contributed by atoms with Crippen molar-refractivity contribution in [2.45, 2.75) is 0 Å². The first-order chi connectivity index (χ1) is 13.0. The van der Waals surface area contributed by atoms with E-state index in [9.17, 15) is 9.59 Å². The Morgan fingerprint density at radius 3 is 2.85 bits per heavy atom. The maximum Gasteiger partial charge on any atom is 0.254 e. The van der Waals surface area contributed by atoms with Crippen molar-refractivity contribution in [1.29, 1.82) is 0 Å². The minimum atomic E-state index is -0.315. The molecule has 0 bridgehead atoms. The number of carbonyl (C=O) groups excluding carboxylic acids is 2. The van der Waals surface area contributed by atoms with E-state index in [-0.39, 0.29) is 25.2 Å². The average molecular weight is 367 g/mol. The van der Waals surface area contributed by atoms with Gasteiger partial charge in [0.1, 0.15) is 5.52 Å². The van der Waals surface area contributed by atoms with Crippen LogP contribution in [0, 0.1) is 0 Å². The maximum absolute atomic E-state index is 12.6. The molecule has 0 saturated heterocycles. The summed E-state index contributed by atoms with van der Waals surface area (Å²) in [6, 6.07) is 10.3. The quantitative estimate of drug-likeness (QED) is 0.749. The first-order valence-corrected chi connectivity index (χ1v) is 8.25. The zero-order valence-electron chi connectivity index (χ0n) is 14.8. The van der Waals surface area contributed by atoms with Crippen molar-refractivity contribution in [1.82, 2.24) is 19.9 Å². The topological polar surface area (TPSA) is 98.6 Å². The van der Waals surface area contributed by atoms with Crippen molar-refractivity contribution in [3.63, 3.8) is 0 Å². The zero-order valence-corrected chi connectivity index (χ0v) is 14.8. The van der Waals surface area contributed by atoms with Crippen LogP contribution in [0.3, 0.4) is 0 Å². The minimum Gasteiger partial charge on any atom is -0.454 e. The predicted octanol–water partition coefficient (Wildman–Crippen LogP) is 1.41. The van der Waals surface area contributed by atoms with Crippen LogP contribution in [0.4, 0.5) is 5.69 Å². The summed E-state index contributed by atoms with van der Waals surface area (Å²) in [7, 11) is 3.35. The summed E-state index contributed by atoms with van der Waals surface area (Å²) in [5.41, 5.74) is 2.48. The Bertz CT molecular complexity index is 1050. The van der Waals surface area contributed by atoms with Crippen LogP contribution in [-0.4, -0.2) is 52.1 Å². The summed E-state index contributed by atoms with van der Waals surface area (Å²) in [4.78, 5) is 26.2. The number of rotatable bonds is 4. The second-order valence-corrected chi connectivity index (χ2v) is 6.19. The Morgan fingerprint density at radius 2 is 2.00 bits per heavy atom. The van der Waals surface area contributed by atoms with E-state index < -0.39 is 0 Å². The van der Waals surface area contributed by atoms with Crippen molar-refractivity contribution < 1.29 is 19.1 Å². The standard InChI is InChI=1S/C18H17N5O4/c1-22(18(25)11-3-5-14-13(7-11)20-21-23(14)2)9-17(24)19-12-4-6-15-16(8-12)27-10-26-15/h3-8H,9-10H2,1-2H3,(H,19,24). The lowest BCUT2D eigenvalue weighted by Crippen LogP contribution is -2.34. The van der Waals surface area contributed by atoms with Crippen molar-refractivity contribution in [3.05, 3.63) is 42.0 Å². The summed E-state index contributed by atoms with van der Waals surface area (Å²) >= 11 is 0. The van der Waals surface area contributed by atoms with Gasteiger partial charge in [-0.2, -0.15) is 0 Å². The summed E-state index contributed by atoms with van der Waals surface area (Å²) in [5.74, 6) is 0.628. The molecular formula is C18H17N5O4. The first kappa shape index (κ1) is 16.8. The minimum absolute atomic E-state index is 0.0915.